The maximum Gasteiger partial charge on any atom is 0.276 e. The van der Waals surface area contributed by atoms with Crippen molar-refractivity contribution in [2.24, 2.45) is 11.8 Å². The fraction of sp³-hybridized carbons (Fsp3) is 0.522. The summed E-state index contributed by atoms with van der Waals surface area (Å²) in [7, 11) is 0. The smallest absolute Gasteiger partial charge is 0.276 e. The van der Waals surface area contributed by atoms with Crippen LogP contribution in [-0.2, 0) is 0 Å². The van der Waals surface area contributed by atoms with Gasteiger partial charge in [-0.2, -0.15) is 0 Å². The molecule has 2 saturated heterocycles. The van der Waals surface area contributed by atoms with Crippen LogP contribution in [0.25, 0.3) is 0 Å². The zero-order valence-corrected chi connectivity index (χ0v) is 17.5. The largest absolute Gasteiger partial charge is 0.372 e. The van der Waals surface area contributed by atoms with Gasteiger partial charge in [-0.25, -0.2) is 0 Å². The highest BCUT2D eigenvalue weighted by molar-refractivity contribution is 6.02. The Bertz CT molecular complexity index is 812. The van der Waals surface area contributed by atoms with Crippen molar-refractivity contribution in [3.05, 3.63) is 42.1 Å². The zero-order chi connectivity index (χ0) is 20.2. The van der Waals surface area contributed by atoms with Gasteiger partial charge in [-0.05, 0) is 73.9 Å². The van der Waals surface area contributed by atoms with Crippen LogP contribution < -0.4 is 15.1 Å². The van der Waals surface area contributed by atoms with Crippen LogP contribution in [0.3, 0.4) is 0 Å². The highest BCUT2D eigenvalue weighted by atomic mass is 16.1. The second kappa shape index (κ2) is 8.80. The normalized spacial score (nSPS) is 20.6. The molecule has 1 aromatic carbocycles. The standard InChI is InChI=1S/C23H31N5O/c1-17-11-14-27(15-12-17)20-7-5-19(6-8-20)24-23(29)21-9-10-22(26-25-21)28-13-3-4-18(2)16-28/h5-10,17-18H,3-4,11-16H2,1-2H3,(H,24,29). The Labute approximate surface area is 173 Å². The maximum absolute atomic E-state index is 12.5. The van der Waals surface area contributed by atoms with E-state index in [1.807, 2.05) is 18.2 Å². The van der Waals surface area contributed by atoms with Crippen molar-refractivity contribution in [2.45, 2.75) is 39.5 Å². The Morgan fingerprint density at radius 1 is 0.897 bits per heavy atom. The lowest BCUT2D eigenvalue weighted by atomic mass is 9.99. The molecule has 2 aliphatic rings. The van der Waals surface area contributed by atoms with E-state index in [-0.39, 0.29) is 5.91 Å². The van der Waals surface area contributed by atoms with Gasteiger partial charge in [0.15, 0.2) is 11.5 Å². The number of aromatic nitrogens is 2. The number of nitrogens with zero attached hydrogens (tertiary/aromatic N) is 4. The Balaban J connectivity index is 1.35. The number of anilines is 3. The quantitative estimate of drug-likeness (QED) is 0.843. The average Bonchev–Trinajstić information content (AvgIpc) is 2.75. The van der Waals surface area contributed by atoms with E-state index in [0.717, 1.165) is 43.6 Å². The minimum Gasteiger partial charge on any atom is -0.372 e. The van der Waals surface area contributed by atoms with Gasteiger partial charge in [-0.3, -0.25) is 4.79 Å². The Morgan fingerprint density at radius 2 is 1.66 bits per heavy atom. The molecular formula is C23H31N5O. The number of benzene rings is 1. The van der Waals surface area contributed by atoms with Gasteiger partial charge in [0, 0.05) is 37.6 Å². The molecule has 1 aromatic heterocycles. The summed E-state index contributed by atoms with van der Waals surface area (Å²) in [6.07, 6.45) is 4.92. The van der Waals surface area contributed by atoms with E-state index in [1.165, 1.54) is 31.4 Å². The lowest BCUT2D eigenvalue weighted by Gasteiger charge is -2.32. The van der Waals surface area contributed by atoms with Crippen LogP contribution in [0, 0.1) is 11.8 Å². The van der Waals surface area contributed by atoms with E-state index in [0.29, 0.717) is 11.6 Å². The minimum absolute atomic E-state index is 0.226. The molecule has 3 heterocycles. The molecule has 154 valence electrons. The predicted molar refractivity (Wildman–Crippen MR) is 118 cm³/mol. The molecule has 0 aliphatic carbocycles. The Hall–Kier alpha value is -2.63. The first-order valence-electron chi connectivity index (χ1n) is 10.8. The summed E-state index contributed by atoms with van der Waals surface area (Å²) in [5, 5.41) is 11.4. The van der Waals surface area contributed by atoms with Crippen molar-refractivity contribution in [1.82, 2.24) is 10.2 Å². The van der Waals surface area contributed by atoms with E-state index >= 15 is 0 Å². The topological polar surface area (TPSA) is 61.4 Å². The summed E-state index contributed by atoms with van der Waals surface area (Å²) in [5.41, 5.74) is 2.34. The van der Waals surface area contributed by atoms with Crippen molar-refractivity contribution in [3.8, 4) is 0 Å². The van der Waals surface area contributed by atoms with Crippen LogP contribution in [0.4, 0.5) is 17.2 Å². The van der Waals surface area contributed by atoms with Crippen LogP contribution in [0.5, 0.6) is 0 Å². The lowest BCUT2D eigenvalue weighted by molar-refractivity contribution is 0.102. The molecule has 2 aromatic rings. The second-order valence-electron chi connectivity index (χ2n) is 8.64. The number of hydrogen-bond donors (Lipinski definition) is 1. The van der Waals surface area contributed by atoms with Gasteiger partial charge in [-0.15, -0.1) is 10.2 Å². The minimum atomic E-state index is -0.226. The third kappa shape index (κ3) is 4.86. The van der Waals surface area contributed by atoms with Crippen molar-refractivity contribution >= 4 is 23.1 Å². The van der Waals surface area contributed by atoms with Crippen molar-refractivity contribution < 1.29 is 4.79 Å². The van der Waals surface area contributed by atoms with Gasteiger partial charge in [-0.1, -0.05) is 13.8 Å². The van der Waals surface area contributed by atoms with Gasteiger partial charge < -0.3 is 15.1 Å². The number of rotatable bonds is 4. The van der Waals surface area contributed by atoms with Crippen molar-refractivity contribution in [2.75, 3.05) is 41.3 Å². The highest BCUT2D eigenvalue weighted by Gasteiger charge is 2.19. The molecule has 2 aliphatic heterocycles. The van der Waals surface area contributed by atoms with Gasteiger partial charge in [0.1, 0.15) is 0 Å². The van der Waals surface area contributed by atoms with Gasteiger partial charge in [0.2, 0.25) is 0 Å². The molecule has 0 saturated carbocycles. The molecule has 0 radical (unpaired) electrons. The van der Waals surface area contributed by atoms with Crippen molar-refractivity contribution in [1.29, 1.82) is 0 Å². The number of carbonyl (C=O) groups is 1. The summed E-state index contributed by atoms with van der Waals surface area (Å²) >= 11 is 0. The van der Waals surface area contributed by atoms with E-state index in [2.05, 4.69) is 51.3 Å². The van der Waals surface area contributed by atoms with Crippen LogP contribution in [0.2, 0.25) is 0 Å². The van der Waals surface area contributed by atoms with Gasteiger partial charge in [0.05, 0.1) is 0 Å². The van der Waals surface area contributed by atoms with Gasteiger partial charge >= 0.3 is 0 Å². The summed E-state index contributed by atoms with van der Waals surface area (Å²) in [6.45, 7) is 8.79. The van der Waals surface area contributed by atoms with E-state index < -0.39 is 0 Å². The fourth-order valence-corrected chi connectivity index (χ4v) is 4.23. The van der Waals surface area contributed by atoms with Crippen LogP contribution in [0.1, 0.15) is 50.0 Å². The molecule has 4 rings (SSSR count). The predicted octanol–water partition coefficient (Wildman–Crippen LogP) is 4.20. The monoisotopic (exact) mass is 393 g/mol. The lowest BCUT2D eigenvalue weighted by Crippen LogP contribution is -2.35. The SMILES string of the molecule is CC1CCN(c2ccc(NC(=O)c3ccc(N4CCCC(C)C4)nn3)cc2)CC1. The molecule has 2 fully saturated rings. The molecule has 6 nitrogen and oxygen atoms in total. The number of nitrogens with one attached hydrogen (secondary N) is 1. The highest BCUT2D eigenvalue weighted by Crippen LogP contribution is 2.25. The molecule has 1 N–H and O–H groups in total. The first kappa shape index (κ1) is 19.7. The average molecular weight is 394 g/mol. The molecule has 29 heavy (non-hydrogen) atoms. The first-order chi connectivity index (χ1) is 14.1. The van der Waals surface area contributed by atoms with Crippen LogP contribution in [0.15, 0.2) is 36.4 Å². The van der Waals surface area contributed by atoms with E-state index in [9.17, 15) is 4.79 Å². The summed E-state index contributed by atoms with van der Waals surface area (Å²) in [4.78, 5) is 17.2. The summed E-state index contributed by atoms with van der Waals surface area (Å²) < 4.78 is 0. The first-order valence-corrected chi connectivity index (χ1v) is 10.8. The number of carbonyl (C=O) groups excluding carboxylic acids is 1. The summed E-state index contributed by atoms with van der Waals surface area (Å²) in [5.74, 6) is 2.12. The molecule has 1 amide bonds. The Morgan fingerprint density at radius 3 is 2.31 bits per heavy atom. The number of piperidine rings is 2. The zero-order valence-electron chi connectivity index (χ0n) is 17.5. The van der Waals surface area contributed by atoms with E-state index in [4.69, 9.17) is 0 Å². The third-order valence-corrected chi connectivity index (χ3v) is 6.14. The maximum atomic E-state index is 12.5. The van der Waals surface area contributed by atoms with Crippen molar-refractivity contribution in [3.63, 3.8) is 0 Å². The fourth-order valence-electron chi connectivity index (χ4n) is 4.23. The Kier molecular flexibility index (Phi) is 5.97. The number of amides is 1. The molecule has 1 unspecified atom stereocenters. The van der Waals surface area contributed by atoms with Crippen LogP contribution in [-0.4, -0.2) is 42.3 Å². The van der Waals surface area contributed by atoms with Crippen LogP contribution >= 0.6 is 0 Å². The third-order valence-electron chi connectivity index (χ3n) is 6.14. The number of hydrogen-bond acceptors (Lipinski definition) is 5. The van der Waals surface area contributed by atoms with E-state index in [1.54, 1.807) is 6.07 Å². The molecule has 0 bridgehead atoms. The summed E-state index contributed by atoms with van der Waals surface area (Å²) in [6, 6.07) is 11.8. The molecule has 1 atom stereocenters. The molecule has 0 spiro atoms. The van der Waals surface area contributed by atoms with Gasteiger partial charge in [0.25, 0.3) is 5.91 Å². The molecular weight excluding hydrogens is 362 g/mol. The molecule has 6 heteroatoms. The second-order valence-corrected chi connectivity index (χ2v) is 8.64.